The second kappa shape index (κ2) is 10.0. The molecule has 0 aliphatic carbocycles. The minimum atomic E-state index is 0.569. The molecular weight excluding hydrogens is 176 g/mol. The van der Waals surface area contributed by atoms with Gasteiger partial charge in [0.25, 0.3) is 0 Å². The Labute approximate surface area is 86.6 Å². The number of allylic oxidation sites excluding steroid dienone is 3. The molecule has 0 heterocycles. The van der Waals surface area contributed by atoms with Gasteiger partial charge in [0.15, 0.2) is 0 Å². The molecule has 0 amide bonds. The summed E-state index contributed by atoms with van der Waals surface area (Å²) < 4.78 is 5.41. The van der Waals surface area contributed by atoms with E-state index in [1.165, 1.54) is 6.08 Å². The van der Waals surface area contributed by atoms with Gasteiger partial charge in [-0.3, -0.25) is 4.79 Å². The maximum atomic E-state index is 10.3. The van der Waals surface area contributed by atoms with Crippen molar-refractivity contribution in [3.05, 3.63) is 24.0 Å². The summed E-state index contributed by atoms with van der Waals surface area (Å²) in [4.78, 5) is 10.3. The van der Waals surface area contributed by atoms with Crippen molar-refractivity contribution in [1.82, 2.24) is 0 Å². The van der Waals surface area contributed by atoms with Crippen LogP contribution in [0.25, 0.3) is 0 Å². The summed E-state index contributed by atoms with van der Waals surface area (Å²) in [6.45, 7) is 4.77. The normalized spacial score (nSPS) is 12.0. The van der Waals surface area contributed by atoms with E-state index in [4.69, 9.17) is 4.74 Å². The lowest BCUT2D eigenvalue weighted by atomic mass is 10.3. The van der Waals surface area contributed by atoms with Crippen molar-refractivity contribution < 1.29 is 9.53 Å². The molecule has 0 unspecified atom stereocenters. The number of aldehydes is 1. The van der Waals surface area contributed by atoms with E-state index < -0.39 is 0 Å². The second-order valence-electron chi connectivity index (χ2n) is 3.09. The third-order valence-corrected chi connectivity index (χ3v) is 1.74. The zero-order valence-corrected chi connectivity index (χ0v) is 9.16. The van der Waals surface area contributed by atoms with Crippen molar-refractivity contribution in [2.24, 2.45) is 0 Å². The van der Waals surface area contributed by atoms with Crippen LogP contribution in [0.15, 0.2) is 24.0 Å². The molecule has 0 spiro atoms. The molecule has 80 valence electrons. The Morgan fingerprint density at radius 1 is 1.21 bits per heavy atom. The highest BCUT2D eigenvalue weighted by atomic mass is 16.5. The predicted octanol–water partition coefficient (Wildman–Crippen LogP) is 3.24. The van der Waals surface area contributed by atoms with E-state index in [-0.39, 0.29) is 0 Å². The molecular formula is C12H20O2. The van der Waals surface area contributed by atoms with Gasteiger partial charge in [0.05, 0.1) is 5.76 Å². The van der Waals surface area contributed by atoms with Crippen LogP contribution in [-0.2, 0) is 9.53 Å². The molecule has 0 aliphatic rings. The first-order chi connectivity index (χ1) is 6.85. The molecule has 2 heteroatoms. The quantitative estimate of drug-likeness (QED) is 0.258. The minimum Gasteiger partial charge on any atom is -0.494 e. The lowest BCUT2D eigenvalue weighted by Gasteiger charge is -2.05. The minimum absolute atomic E-state index is 0.569. The Kier molecular flexibility index (Phi) is 9.28. The molecule has 0 aromatic heterocycles. The molecule has 0 saturated carbocycles. The number of rotatable bonds is 8. The summed E-state index contributed by atoms with van der Waals surface area (Å²) in [7, 11) is 0. The molecule has 0 aromatic rings. The molecule has 0 saturated heterocycles. The fraction of sp³-hybridized carbons (Fsp3) is 0.583. The summed E-state index contributed by atoms with van der Waals surface area (Å²) in [5, 5.41) is 0. The molecule has 0 rings (SSSR count). The van der Waals surface area contributed by atoms with Crippen molar-refractivity contribution >= 4 is 6.29 Å². The number of hydrogen-bond acceptors (Lipinski definition) is 2. The number of hydrogen-bond donors (Lipinski definition) is 0. The average Bonchev–Trinajstić information content (AvgIpc) is 2.18. The molecule has 0 radical (unpaired) electrons. The van der Waals surface area contributed by atoms with E-state index in [0.29, 0.717) is 6.61 Å². The van der Waals surface area contributed by atoms with Crippen LogP contribution in [0, 0.1) is 0 Å². The molecule has 0 N–H and O–H groups in total. The predicted molar refractivity (Wildman–Crippen MR) is 59.1 cm³/mol. The SMILES string of the molecule is CCC/C=C/COC(=CC=O)CCC. The number of carbonyl (C=O) groups excluding carboxylic acids is 1. The Morgan fingerprint density at radius 2 is 2.00 bits per heavy atom. The standard InChI is InChI=1S/C12H20O2/c1-3-5-6-7-11-14-12(8-4-2)9-10-13/h6-7,9-10H,3-5,8,11H2,1-2H3/b7-6+,12-9?. The summed E-state index contributed by atoms with van der Waals surface area (Å²) in [5.41, 5.74) is 0. The molecule has 0 atom stereocenters. The first-order valence-electron chi connectivity index (χ1n) is 5.27. The third-order valence-electron chi connectivity index (χ3n) is 1.74. The van der Waals surface area contributed by atoms with Crippen molar-refractivity contribution in [3.8, 4) is 0 Å². The van der Waals surface area contributed by atoms with Gasteiger partial charge in [-0.25, -0.2) is 0 Å². The summed E-state index contributed by atoms with van der Waals surface area (Å²) >= 11 is 0. The summed E-state index contributed by atoms with van der Waals surface area (Å²) in [6, 6.07) is 0. The lowest BCUT2D eigenvalue weighted by Crippen LogP contribution is -1.93. The highest BCUT2D eigenvalue weighted by molar-refractivity contribution is 5.65. The van der Waals surface area contributed by atoms with Gasteiger partial charge in [-0.1, -0.05) is 32.4 Å². The van der Waals surface area contributed by atoms with Crippen LogP contribution in [0.1, 0.15) is 39.5 Å². The van der Waals surface area contributed by atoms with Gasteiger partial charge in [0.1, 0.15) is 12.9 Å². The maximum absolute atomic E-state index is 10.3. The smallest absolute Gasteiger partial charge is 0.146 e. The van der Waals surface area contributed by atoms with E-state index in [1.54, 1.807) is 0 Å². The van der Waals surface area contributed by atoms with Gasteiger partial charge in [0.2, 0.25) is 0 Å². The van der Waals surface area contributed by atoms with Crippen LogP contribution < -0.4 is 0 Å². The maximum Gasteiger partial charge on any atom is 0.146 e. The van der Waals surface area contributed by atoms with Gasteiger partial charge in [-0.15, -0.1) is 0 Å². The Hall–Kier alpha value is -1.05. The average molecular weight is 196 g/mol. The molecule has 0 bridgehead atoms. The van der Waals surface area contributed by atoms with Crippen molar-refractivity contribution in [2.45, 2.75) is 39.5 Å². The summed E-state index contributed by atoms with van der Waals surface area (Å²) in [6.07, 6.45) is 10.4. The highest BCUT2D eigenvalue weighted by Gasteiger charge is 1.93. The van der Waals surface area contributed by atoms with Crippen LogP contribution in [0.2, 0.25) is 0 Å². The Bertz CT molecular complexity index is 192. The van der Waals surface area contributed by atoms with Crippen molar-refractivity contribution in [3.63, 3.8) is 0 Å². The van der Waals surface area contributed by atoms with Crippen LogP contribution in [-0.4, -0.2) is 12.9 Å². The summed E-state index contributed by atoms with van der Waals surface area (Å²) in [5.74, 6) is 0.781. The van der Waals surface area contributed by atoms with Crippen LogP contribution in [0.4, 0.5) is 0 Å². The first kappa shape index (κ1) is 12.9. The topological polar surface area (TPSA) is 26.3 Å². The zero-order chi connectivity index (χ0) is 10.6. The molecule has 2 nitrogen and oxygen atoms in total. The van der Waals surface area contributed by atoms with Crippen LogP contribution in [0.5, 0.6) is 0 Å². The van der Waals surface area contributed by atoms with Crippen molar-refractivity contribution in [1.29, 1.82) is 0 Å². The van der Waals surface area contributed by atoms with Gasteiger partial charge >= 0.3 is 0 Å². The van der Waals surface area contributed by atoms with E-state index in [2.05, 4.69) is 19.9 Å². The van der Waals surface area contributed by atoms with E-state index >= 15 is 0 Å². The number of unbranched alkanes of at least 4 members (excludes halogenated alkanes) is 1. The van der Waals surface area contributed by atoms with Gasteiger partial charge in [-0.2, -0.15) is 0 Å². The first-order valence-corrected chi connectivity index (χ1v) is 5.27. The molecule has 0 fully saturated rings. The van der Waals surface area contributed by atoms with Gasteiger partial charge in [0, 0.05) is 12.5 Å². The van der Waals surface area contributed by atoms with Crippen molar-refractivity contribution in [2.75, 3.05) is 6.61 Å². The zero-order valence-electron chi connectivity index (χ0n) is 9.16. The van der Waals surface area contributed by atoms with Crippen LogP contribution >= 0.6 is 0 Å². The van der Waals surface area contributed by atoms with Crippen LogP contribution in [0.3, 0.4) is 0 Å². The third kappa shape index (κ3) is 7.59. The van der Waals surface area contributed by atoms with Gasteiger partial charge < -0.3 is 4.74 Å². The number of ether oxygens (including phenoxy) is 1. The molecule has 0 aliphatic heterocycles. The Morgan fingerprint density at radius 3 is 2.57 bits per heavy atom. The van der Waals surface area contributed by atoms with E-state index in [1.807, 2.05) is 6.08 Å². The lowest BCUT2D eigenvalue weighted by molar-refractivity contribution is -0.104. The highest BCUT2D eigenvalue weighted by Crippen LogP contribution is 2.05. The van der Waals surface area contributed by atoms with Gasteiger partial charge in [-0.05, 0) is 12.8 Å². The molecule has 14 heavy (non-hydrogen) atoms. The van der Waals surface area contributed by atoms with E-state index in [0.717, 1.165) is 37.7 Å². The molecule has 0 aromatic carbocycles. The second-order valence-corrected chi connectivity index (χ2v) is 3.09. The monoisotopic (exact) mass is 196 g/mol. The fourth-order valence-electron chi connectivity index (χ4n) is 1.03. The largest absolute Gasteiger partial charge is 0.494 e. The van der Waals surface area contributed by atoms with E-state index in [9.17, 15) is 4.79 Å². The number of carbonyl (C=O) groups is 1. The fourth-order valence-corrected chi connectivity index (χ4v) is 1.03. The Balaban J connectivity index is 3.71.